The standard InChI is InChI=1S/C12H22N4OS/c1-5-14-11-16-9(13)8(18-11)10(17)15-7-6-12(2,3)4/h5-7,13H2,1-4H3,(H,14,16)(H,15,17). The molecule has 0 radical (unpaired) electrons. The van der Waals surface area contributed by atoms with Crippen molar-refractivity contribution in [2.45, 2.75) is 34.1 Å². The summed E-state index contributed by atoms with van der Waals surface area (Å²) in [7, 11) is 0. The minimum Gasteiger partial charge on any atom is -0.382 e. The summed E-state index contributed by atoms with van der Waals surface area (Å²) in [5.74, 6) is 0.155. The van der Waals surface area contributed by atoms with E-state index in [9.17, 15) is 4.79 Å². The molecule has 0 aliphatic rings. The first-order valence-electron chi connectivity index (χ1n) is 6.12. The number of thiazole rings is 1. The van der Waals surface area contributed by atoms with Crippen molar-refractivity contribution in [1.29, 1.82) is 0 Å². The summed E-state index contributed by atoms with van der Waals surface area (Å²) in [6, 6.07) is 0. The Morgan fingerprint density at radius 1 is 1.44 bits per heavy atom. The Balaban J connectivity index is 2.56. The zero-order valence-electron chi connectivity index (χ0n) is 11.5. The van der Waals surface area contributed by atoms with E-state index < -0.39 is 0 Å². The van der Waals surface area contributed by atoms with E-state index in [4.69, 9.17) is 5.73 Å². The van der Waals surface area contributed by atoms with Crippen molar-refractivity contribution in [3.05, 3.63) is 4.88 Å². The van der Waals surface area contributed by atoms with E-state index >= 15 is 0 Å². The maximum absolute atomic E-state index is 11.9. The van der Waals surface area contributed by atoms with Gasteiger partial charge in [0, 0.05) is 13.1 Å². The predicted octanol–water partition coefficient (Wildman–Crippen LogP) is 2.32. The number of rotatable bonds is 5. The Hall–Kier alpha value is -1.30. The highest BCUT2D eigenvalue weighted by molar-refractivity contribution is 7.18. The second-order valence-electron chi connectivity index (χ2n) is 5.33. The third kappa shape index (κ3) is 4.52. The molecule has 6 heteroatoms. The normalized spacial score (nSPS) is 11.3. The summed E-state index contributed by atoms with van der Waals surface area (Å²) >= 11 is 1.29. The Bertz CT molecular complexity index is 409. The molecule has 0 bridgehead atoms. The monoisotopic (exact) mass is 270 g/mol. The van der Waals surface area contributed by atoms with Gasteiger partial charge in [-0.1, -0.05) is 32.1 Å². The van der Waals surface area contributed by atoms with Gasteiger partial charge >= 0.3 is 0 Å². The van der Waals surface area contributed by atoms with Crippen LogP contribution in [0.1, 0.15) is 43.8 Å². The molecule has 1 aromatic heterocycles. The summed E-state index contributed by atoms with van der Waals surface area (Å²) in [6.07, 6.45) is 0.928. The number of carbonyl (C=O) groups excluding carboxylic acids is 1. The lowest BCUT2D eigenvalue weighted by atomic mass is 9.92. The van der Waals surface area contributed by atoms with Gasteiger partial charge in [-0.15, -0.1) is 0 Å². The quantitative estimate of drug-likeness (QED) is 0.767. The molecular weight excluding hydrogens is 248 g/mol. The molecule has 0 aromatic carbocycles. The van der Waals surface area contributed by atoms with Crippen LogP contribution < -0.4 is 16.4 Å². The van der Waals surface area contributed by atoms with Crippen molar-refractivity contribution in [3.8, 4) is 0 Å². The van der Waals surface area contributed by atoms with Gasteiger partial charge in [-0.2, -0.15) is 0 Å². The van der Waals surface area contributed by atoms with Gasteiger partial charge in [-0.25, -0.2) is 4.98 Å². The van der Waals surface area contributed by atoms with E-state index in [2.05, 4.69) is 36.4 Å². The van der Waals surface area contributed by atoms with Crippen LogP contribution in [-0.2, 0) is 0 Å². The SMILES string of the molecule is CCNc1nc(N)c(C(=O)NCCC(C)(C)C)s1. The summed E-state index contributed by atoms with van der Waals surface area (Å²) in [5.41, 5.74) is 5.94. The highest BCUT2D eigenvalue weighted by Crippen LogP contribution is 2.24. The van der Waals surface area contributed by atoms with Gasteiger partial charge in [0.05, 0.1) is 0 Å². The third-order valence-corrected chi connectivity index (χ3v) is 3.38. The fourth-order valence-electron chi connectivity index (χ4n) is 1.35. The van der Waals surface area contributed by atoms with Gasteiger partial charge in [0.15, 0.2) is 5.13 Å². The lowest BCUT2D eigenvalue weighted by Gasteiger charge is -2.17. The molecule has 1 aromatic rings. The average molecular weight is 270 g/mol. The fourth-order valence-corrected chi connectivity index (χ4v) is 2.22. The molecular formula is C12H22N4OS. The van der Waals surface area contributed by atoms with Gasteiger partial charge in [0.2, 0.25) is 0 Å². The molecule has 0 aliphatic heterocycles. The number of carbonyl (C=O) groups is 1. The molecule has 1 heterocycles. The number of hydrogen-bond donors (Lipinski definition) is 3. The second-order valence-corrected chi connectivity index (χ2v) is 6.33. The van der Waals surface area contributed by atoms with Crippen LogP contribution >= 0.6 is 11.3 Å². The zero-order valence-corrected chi connectivity index (χ0v) is 12.3. The minimum atomic E-state index is -0.140. The number of nitrogen functional groups attached to an aromatic ring is 1. The van der Waals surface area contributed by atoms with Crippen LogP contribution in [-0.4, -0.2) is 24.0 Å². The van der Waals surface area contributed by atoms with Crippen LogP contribution in [0, 0.1) is 5.41 Å². The molecule has 102 valence electrons. The van der Waals surface area contributed by atoms with Crippen molar-refractivity contribution in [1.82, 2.24) is 10.3 Å². The van der Waals surface area contributed by atoms with E-state index in [-0.39, 0.29) is 11.3 Å². The number of amides is 1. The van der Waals surface area contributed by atoms with Gasteiger partial charge in [-0.05, 0) is 18.8 Å². The predicted molar refractivity (Wildman–Crippen MR) is 77.1 cm³/mol. The summed E-state index contributed by atoms with van der Waals surface area (Å²) in [6.45, 7) is 9.81. The molecule has 0 fully saturated rings. The molecule has 0 saturated carbocycles. The summed E-state index contributed by atoms with van der Waals surface area (Å²) in [5, 5.41) is 6.62. The first-order valence-corrected chi connectivity index (χ1v) is 6.93. The van der Waals surface area contributed by atoms with Crippen LogP contribution in [0.3, 0.4) is 0 Å². The molecule has 0 unspecified atom stereocenters. The van der Waals surface area contributed by atoms with Crippen molar-refractivity contribution in [2.75, 3.05) is 24.1 Å². The topological polar surface area (TPSA) is 80.0 Å². The zero-order chi connectivity index (χ0) is 13.8. The number of anilines is 2. The molecule has 5 nitrogen and oxygen atoms in total. The molecule has 0 spiro atoms. The van der Waals surface area contributed by atoms with E-state index in [0.717, 1.165) is 13.0 Å². The molecule has 18 heavy (non-hydrogen) atoms. The van der Waals surface area contributed by atoms with Crippen molar-refractivity contribution >= 4 is 28.2 Å². The first kappa shape index (κ1) is 14.8. The Morgan fingerprint density at radius 3 is 2.67 bits per heavy atom. The Labute approximate surface area is 112 Å². The first-order chi connectivity index (χ1) is 8.33. The van der Waals surface area contributed by atoms with E-state index in [1.165, 1.54) is 11.3 Å². The van der Waals surface area contributed by atoms with Crippen LogP contribution in [0.15, 0.2) is 0 Å². The summed E-state index contributed by atoms with van der Waals surface area (Å²) < 4.78 is 0. The van der Waals surface area contributed by atoms with Crippen molar-refractivity contribution in [2.24, 2.45) is 5.41 Å². The number of nitrogens with one attached hydrogen (secondary N) is 2. The van der Waals surface area contributed by atoms with Crippen LogP contribution in [0.5, 0.6) is 0 Å². The Morgan fingerprint density at radius 2 is 2.11 bits per heavy atom. The van der Waals surface area contributed by atoms with Gasteiger partial charge < -0.3 is 16.4 Å². The van der Waals surface area contributed by atoms with Crippen LogP contribution in [0.4, 0.5) is 10.9 Å². The maximum atomic E-state index is 11.9. The molecule has 1 amide bonds. The molecule has 0 atom stereocenters. The van der Waals surface area contributed by atoms with E-state index in [1.807, 2.05) is 6.92 Å². The van der Waals surface area contributed by atoms with Crippen molar-refractivity contribution in [3.63, 3.8) is 0 Å². The fraction of sp³-hybridized carbons (Fsp3) is 0.667. The summed E-state index contributed by atoms with van der Waals surface area (Å²) in [4.78, 5) is 16.5. The van der Waals surface area contributed by atoms with Gasteiger partial charge in [0.1, 0.15) is 10.7 Å². The second kappa shape index (κ2) is 6.04. The number of nitrogens with zero attached hydrogens (tertiary/aromatic N) is 1. The molecule has 0 saturated heterocycles. The highest BCUT2D eigenvalue weighted by atomic mass is 32.1. The average Bonchev–Trinajstić information content (AvgIpc) is 2.58. The maximum Gasteiger partial charge on any atom is 0.265 e. The minimum absolute atomic E-state index is 0.140. The highest BCUT2D eigenvalue weighted by Gasteiger charge is 2.16. The largest absolute Gasteiger partial charge is 0.382 e. The number of aromatic nitrogens is 1. The van der Waals surface area contributed by atoms with E-state index in [0.29, 0.717) is 22.4 Å². The van der Waals surface area contributed by atoms with Gasteiger partial charge in [0.25, 0.3) is 5.91 Å². The molecule has 0 aliphatic carbocycles. The van der Waals surface area contributed by atoms with E-state index in [1.54, 1.807) is 0 Å². The van der Waals surface area contributed by atoms with Crippen LogP contribution in [0.25, 0.3) is 0 Å². The number of hydrogen-bond acceptors (Lipinski definition) is 5. The van der Waals surface area contributed by atoms with Crippen molar-refractivity contribution < 1.29 is 4.79 Å². The van der Waals surface area contributed by atoms with Gasteiger partial charge in [-0.3, -0.25) is 4.79 Å². The lowest BCUT2D eigenvalue weighted by molar-refractivity contribution is 0.0954. The van der Waals surface area contributed by atoms with Crippen LogP contribution in [0.2, 0.25) is 0 Å². The molecule has 1 rings (SSSR count). The third-order valence-electron chi connectivity index (χ3n) is 2.35. The number of nitrogens with two attached hydrogens (primary N) is 1. The molecule has 4 N–H and O–H groups in total. The lowest BCUT2D eigenvalue weighted by Crippen LogP contribution is -2.27. The smallest absolute Gasteiger partial charge is 0.265 e. The Kier molecular flexibility index (Phi) is 4.95.